The summed E-state index contributed by atoms with van der Waals surface area (Å²) in [6.07, 6.45) is 1.40. The molecule has 7 nitrogen and oxygen atoms in total. The van der Waals surface area contributed by atoms with E-state index in [0.717, 1.165) is 5.56 Å². The average molecular weight is 348 g/mol. The molecule has 2 heterocycles. The van der Waals surface area contributed by atoms with Crippen LogP contribution in [-0.4, -0.2) is 56.7 Å². The lowest BCUT2D eigenvalue weighted by Crippen LogP contribution is -2.74. The predicted molar refractivity (Wildman–Crippen MR) is 90.4 cm³/mol. The van der Waals surface area contributed by atoms with Crippen LogP contribution in [0.5, 0.6) is 11.5 Å². The highest BCUT2D eigenvalue weighted by Crippen LogP contribution is 2.44. The quantitative estimate of drug-likeness (QED) is 0.633. The third-order valence-electron chi connectivity index (χ3n) is 5.32. The van der Waals surface area contributed by atoms with Gasteiger partial charge in [0, 0.05) is 26.8 Å². The van der Waals surface area contributed by atoms with Crippen molar-refractivity contribution in [2.45, 2.75) is 24.9 Å². The lowest BCUT2D eigenvalue weighted by Gasteiger charge is -2.56. The number of amides is 2. The summed E-state index contributed by atoms with van der Waals surface area (Å²) in [5.74, 6) is 0.275. The number of nitrogens with zero attached hydrogens (tertiary/aromatic N) is 1. The summed E-state index contributed by atoms with van der Waals surface area (Å²) < 4.78 is 15.9. The number of benzene rings is 1. The highest BCUT2D eigenvalue weighted by atomic mass is 16.5. The van der Waals surface area contributed by atoms with Gasteiger partial charge in [-0.1, -0.05) is 6.07 Å². The van der Waals surface area contributed by atoms with Crippen LogP contribution in [-0.2, 0) is 20.9 Å². The molecule has 3 rings (SSSR count). The SMILES string of the molecule is COc1ccc(CNC(=O)C2C(=O)N(C)C23CCOCC3)cc1OC. The van der Waals surface area contributed by atoms with Crippen LogP contribution in [0.15, 0.2) is 18.2 Å². The zero-order chi connectivity index (χ0) is 18.0. The number of carbonyl (C=O) groups is 2. The molecule has 136 valence electrons. The zero-order valence-electron chi connectivity index (χ0n) is 14.8. The van der Waals surface area contributed by atoms with E-state index in [0.29, 0.717) is 44.1 Å². The first-order valence-electron chi connectivity index (χ1n) is 8.37. The monoisotopic (exact) mass is 348 g/mol. The van der Waals surface area contributed by atoms with Gasteiger partial charge in [0.25, 0.3) is 0 Å². The van der Waals surface area contributed by atoms with E-state index in [-0.39, 0.29) is 11.8 Å². The molecule has 2 saturated heterocycles. The molecular weight excluding hydrogens is 324 g/mol. The number of β-lactam (4-membered cyclic amide) rings is 1. The summed E-state index contributed by atoms with van der Waals surface area (Å²) in [5, 5.41) is 2.89. The molecule has 2 aliphatic heterocycles. The Morgan fingerprint density at radius 1 is 1.28 bits per heavy atom. The Balaban J connectivity index is 1.67. The van der Waals surface area contributed by atoms with E-state index in [4.69, 9.17) is 14.2 Å². The molecule has 2 amide bonds. The first kappa shape index (κ1) is 17.5. The van der Waals surface area contributed by atoms with Crippen LogP contribution in [0.4, 0.5) is 0 Å². The molecule has 1 aromatic rings. The maximum atomic E-state index is 12.7. The number of rotatable bonds is 5. The second-order valence-electron chi connectivity index (χ2n) is 6.45. The topological polar surface area (TPSA) is 77.1 Å². The van der Waals surface area contributed by atoms with Crippen molar-refractivity contribution in [3.63, 3.8) is 0 Å². The van der Waals surface area contributed by atoms with Crippen molar-refractivity contribution >= 4 is 11.8 Å². The highest BCUT2D eigenvalue weighted by Gasteiger charge is 2.61. The minimum absolute atomic E-state index is 0.119. The van der Waals surface area contributed by atoms with Crippen molar-refractivity contribution < 1.29 is 23.8 Å². The number of ether oxygens (including phenoxy) is 3. The number of hydrogen-bond acceptors (Lipinski definition) is 5. The van der Waals surface area contributed by atoms with E-state index in [1.165, 1.54) is 0 Å². The maximum absolute atomic E-state index is 12.7. The number of hydrogen-bond donors (Lipinski definition) is 1. The summed E-state index contributed by atoms with van der Waals surface area (Å²) >= 11 is 0. The molecule has 1 spiro atoms. The molecule has 1 aromatic carbocycles. The Labute approximate surface area is 147 Å². The molecule has 2 aliphatic rings. The molecular formula is C18H24N2O5. The molecule has 1 unspecified atom stereocenters. The van der Waals surface area contributed by atoms with E-state index in [2.05, 4.69) is 5.32 Å². The van der Waals surface area contributed by atoms with Crippen molar-refractivity contribution in [1.82, 2.24) is 10.2 Å². The molecule has 0 saturated carbocycles. The lowest BCUT2D eigenvalue weighted by atomic mass is 9.68. The fourth-order valence-electron chi connectivity index (χ4n) is 3.76. The van der Waals surface area contributed by atoms with Crippen LogP contribution in [0.2, 0.25) is 0 Å². The van der Waals surface area contributed by atoms with E-state index < -0.39 is 11.5 Å². The number of nitrogens with one attached hydrogen (secondary N) is 1. The number of likely N-dealkylation sites (tertiary alicyclic amines) is 1. The van der Waals surface area contributed by atoms with Crippen LogP contribution in [0.3, 0.4) is 0 Å². The molecule has 25 heavy (non-hydrogen) atoms. The minimum Gasteiger partial charge on any atom is -0.493 e. The largest absolute Gasteiger partial charge is 0.493 e. The zero-order valence-corrected chi connectivity index (χ0v) is 14.8. The van der Waals surface area contributed by atoms with Crippen LogP contribution in [0, 0.1) is 5.92 Å². The van der Waals surface area contributed by atoms with Gasteiger partial charge in [0.15, 0.2) is 11.5 Å². The van der Waals surface area contributed by atoms with Crippen molar-refractivity contribution in [3.8, 4) is 11.5 Å². The Kier molecular flexibility index (Phi) is 4.85. The van der Waals surface area contributed by atoms with Gasteiger partial charge in [0.2, 0.25) is 11.8 Å². The highest BCUT2D eigenvalue weighted by molar-refractivity contribution is 6.06. The third kappa shape index (κ3) is 2.93. The normalized spacial score (nSPS) is 21.6. The Hall–Kier alpha value is -2.28. The summed E-state index contributed by atoms with van der Waals surface area (Å²) in [6.45, 7) is 1.49. The van der Waals surface area contributed by atoms with Crippen molar-refractivity contribution in [2.24, 2.45) is 5.92 Å². The number of methoxy groups -OCH3 is 2. The van der Waals surface area contributed by atoms with Crippen molar-refractivity contribution in [3.05, 3.63) is 23.8 Å². The van der Waals surface area contributed by atoms with Gasteiger partial charge in [-0.15, -0.1) is 0 Å². The lowest BCUT2D eigenvalue weighted by molar-refractivity contribution is -0.182. The van der Waals surface area contributed by atoms with Gasteiger partial charge in [-0.25, -0.2) is 0 Å². The molecule has 0 bridgehead atoms. The molecule has 7 heteroatoms. The Morgan fingerprint density at radius 3 is 2.60 bits per heavy atom. The van der Waals surface area contributed by atoms with Gasteiger partial charge in [0.1, 0.15) is 5.92 Å². The van der Waals surface area contributed by atoms with Crippen LogP contribution in [0.25, 0.3) is 0 Å². The molecule has 0 radical (unpaired) electrons. The van der Waals surface area contributed by atoms with Crippen LogP contribution in [0.1, 0.15) is 18.4 Å². The standard InChI is InChI=1S/C18H24N2O5/c1-20-17(22)15(18(20)6-8-25-9-7-18)16(21)19-11-12-4-5-13(23-2)14(10-12)24-3/h4-5,10,15H,6-9,11H2,1-3H3,(H,19,21). The summed E-state index contributed by atoms with van der Waals surface area (Å²) in [7, 11) is 4.91. The first-order chi connectivity index (χ1) is 12.0. The van der Waals surface area contributed by atoms with Gasteiger partial charge in [0.05, 0.1) is 19.8 Å². The smallest absolute Gasteiger partial charge is 0.237 e. The minimum atomic E-state index is -0.624. The third-order valence-corrected chi connectivity index (χ3v) is 5.32. The molecule has 1 atom stereocenters. The number of carbonyl (C=O) groups excluding carboxylic acids is 2. The van der Waals surface area contributed by atoms with Gasteiger partial charge in [-0.3, -0.25) is 9.59 Å². The molecule has 1 N–H and O–H groups in total. The first-order valence-corrected chi connectivity index (χ1v) is 8.37. The Morgan fingerprint density at radius 2 is 1.96 bits per heavy atom. The average Bonchev–Trinajstić information content (AvgIpc) is 2.66. The Bertz CT molecular complexity index is 669. The van der Waals surface area contributed by atoms with Gasteiger partial charge >= 0.3 is 0 Å². The summed E-state index contributed by atoms with van der Waals surface area (Å²) in [4.78, 5) is 26.6. The van der Waals surface area contributed by atoms with Crippen molar-refractivity contribution in [1.29, 1.82) is 0 Å². The van der Waals surface area contributed by atoms with E-state index >= 15 is 0 Å². The van der Waals surface area contributed by atoms with E-state index in [9.17, 15) is 9.59 Å². The molecule has 0 aromatic heterocycles. The second-order valence-corrected chi connectivity index (χ2v) is 6.45. The maximum Gasteiger partial charge on any atom is 0.237 e. The van der Waals surface area contributed by atoms with Gasteiger partial charge in [-0.05, 0) is 30.5 Å². The van der Waals surface area contributed by atoms with Gasteiger partial charge < -0.3 is 24.4 Å². The van der Waals surface area contributed by atoms with E-state index in [1.807, 2.05) is 12.1 Å². The molecule has 2 fully saturated rings. The van der Waals surface area contributed by atoms with Crippen molar-refractivity contribution in [2.75, 3.05) is 34.5 Å². The van der Waals surface area contributed by atoms with Crippen LogP contribution < -0.4 is 14.8 Å². The summed E-state index contributed by atoms with van der Waals surface area (Å²) in [5.41, 5.74) is 0.490. The molecule has 0 aliphatic carbocycles. The second kappa shape index (κ2) is 6.92. The predicted octanol–water partition coefficient (Wildman–Crippen LogP) is 0.957. The van der Waals surface area contributed by atoms with E-state index in [1.54, 1.807) is 32.2 Å². The fourth-order valence-corrected chi connectivity index (χ4v) is 3.76. The summed E-state index contributed by atoms with van der Waals surface area (Å²) in [6, 6.07) is 5.47. The fraction of sp³-hybridized carbons (Fsp3) is 0.556. The van der Waals surface area contributed by atoms with Gasteiger partial charge in [-0.2, -0.15) is 0 Å². The van der Waals surface area contributed by atoms with Crippen LogP contribution >= 0.6 is 0 Å².